The summed E-state index contributed by atoms with van der Waals surface area (Å²) in [6, 6.07) is 0.200. The fourth-order valence-corrected chi connectivity index (χ4v) is 5.04. The molecular weight excluding hydrogens is 481 g/mol. The average molecular weight is 518 g/mol. The van der Waals surface area contributed by atoms with E-state index in [1.165, 1.54) is 6.20 Å². The lowest BCUT2D eigenvalue weighted by Gasteiger charge is -2.28. The molecule has 0 unspecified atom stereocenters. The molecular formula is C26H36FN5O5. The van der Waals surface area contributed by atoms with Gasteiger partial charge in [0.1, 0.15) is 12.7 Å². The number of aryl methyl sites for hydroxylation is 1. The van der Waals surface area contributed by atoms with Crippen LogP contribution in [0.3, 0.4) is 0 Å². The molecule has 0 bridgehead atoms. The number of rotatable bonds is 8. The molecule has 2 saturated carbocycles. The summed E-state index contributed by atoms with van der Waals surface area (Å²) in [6.45, 7) is 3.60. The largest absolute Gasteiger partial charge is 0.471 e. The summed E-state index contributed by atoms with van der Waals surface area (Å²) in [7, 11) is 3.47. The second kappa shape index (κ2) is 11.9. The lowest BCUT2D eigenvalue weighted by Crippen LogP contribution is -2.35. The summed E-state index contributed by atoms with van der Waals surface area (Å²) < 4.78 is 33.2. The van der Waals surface area contributed by atoms with E-state index in [9.17, 15) is 14.0 Å². The standard InChI is InChI=1S/C26H36FN5O5/c1-16(2)36-25(33)17-8-7-11-19(12-17)37-24-23(27)30-21(14-28-24)20-13-29-32(4)22(20)15-35-26(34)31(3)18-9-5-6-10-18/h13-14,16-19H,5-12,15H2,1-4H3/t17-,19-/m0/s1. The molecule has 10 nitrogen and oxygen atoms in total. The van der Waals surface area contributed by atoms with Gasteiger partial charge in [0, 0.05) is 25.7 Å². The molecule has 2 aromatic heterocycles. The van der Waals surface area contributed by atoms with Gasteiger partial charge >= 0.3 is 12.1 Å². The van der Waals surface area contributed by atoms with Crippen LogP contribution in [0.2, 0.25) is 0 Å². The van der Waals surface area contributed by atoms with E-state index in [0.29, 0.717) is 24.1 Å². The number of carbonyl (C=O) groups excluding carboxylic acids is 2. The van der Waals surface area contributed by atoms with Crippen molar-refractivity contribution in [3.8, 4) is 17.1 Å². The van der Waals surface area contributed by atoms with Crippen LogP contribution in [0.5, 0.6) is 5.88 Å². The van der Waals surface area contributed by atoms with E-state index < -0.39 is 12.0 Å². The van der Waals surface area contributed by atoms with Crippen LogP contribution in [0.15, 0.2) is 12.4 Å². The first kappa shape index (κ1) is 26.8. The number of hydrogen-bond acceptors (Lipinski definition) is 8. The first-order valence-corrected chi connectivity index (χ1v) is 13.0. The molecule has 1 amide bonds. The number of amides is 1. The van der Waals surface area contributed by atoms with Gasteiger partial charge in [0.15, 0.2) is 0 Å². The van der Waals surface area contributed by atoms with Gasteiger partial charge < -0.3 is 19.1 Å². The SMILES string of the molecule is CC(C)OC(=O)[C@H]1CCC[C@H](Oc2ncc(-c3cnn(C)c3COC(=O)N(C)C3CCCC3)nc2F)C1. The first-order valence-electron chi connectivity index (χ1n) is 13.0. The van der Waals surface area contributed by atoms with Crippen LogP contribution in [0.4, 0.5) is 9.18 Å². The number of nitrogens with zero attached hydrogens (tertiary/aromatic N) is 5. The highest BCUT2D eigenvalue weighted by molar-refractivity contribution is 5.72. The number of ether oxygens (including phenoxy) is 3. The zero-order valence-corrected chi connectivity index (χ0v) is 22.0. The third-order valence-corrected chi connectivity index (χ3v) is 7.12. The molecule has 11 heteroatoms. The number of aromatic nitrogens is 4. The van der Waals surface area contributed by atoms with Crippen LogP contribution in [-0.4, -0.2) is 62.0 Å². The lowest BCUT2D eigenvalue weighted by molar-refractivity contribution is -0.154. The highest BCUT2D eigenvalue weighted by Crippen LogP contribution is 2.30. The van der Waals surface area contributed by atoms with E-state index >= 15 is 0 Å². The summed E-state index contributed by atoms with van der Waals surface area (Å²) in [6.07, 6.45) is 8.87. The van der Waals surface area contributed by atoms with Crippen molar-refractivity contribution in [2.24, 2.45) is 13.0 Å². The molecule has 37 heavy (non-hydrogen) atoms. The molecule has 0 saturated heterocycles. The predicted octanol–water partition coefficient (Wildman–Crippen LogP) is 4.42. The van der Waals surface area contributed by atoms with Gasteiger partial charge in [-0.15, -0.1) is 0 Å². The normalized spacial score (nSPS) is 20.2. The van der Waals surface area contributed by atoms with Crippen LogP contribution in [0, 0.1) is 11.9 Å². The fraction of sp³-hybridized carbons (Fsp3) is 0.654. The van der Waals surface area contributed by atoms with Crippen LogP contribution in [0.25, 0.3) is 11.3 Å². The minimum absolute atomic E-state index is 0.0286. The molecule has 2 aromatic rings. The van der Waals surface area contributed by atoms with Gasteiger partial charge in [-0.05, 0) is 52.4 Å². The molecule has 0 aliphatic heterocycles. The Morgan fingerprint density at radius 1 is 1.16 bits per heavy atom. The first-order chi connectivity index (χ1) is 17.7. The van der Waals surface area contributed by atoms with Gasteiger partial charge in [-0.3, -0.25) is 9.48 Å². The van der Waals surface area contributed by atoms with Crippen molar-refractivity contribution >= 4 is 12.1 Å². The van der Waals surface area contributed by atoms with E-state index in [1.807, 2.05) is 13.8 Å². The van der Waals surface area contributed by atoms with E-state index in [-0.39, 0.29) is 48.3 Å². The maximum absolute atomic E-state index is 14.9. The molecule has 0 N–H and O–H groups in total. The molecule has 202 valence electrons. The molecule has 0 aromatic carbocycles. The van der Waals surface area contributed by atoms with Crippen molar-refractivity contribution in [3.63, 3.8) is 0 Å². The average Bonchev–Trinajstić information content (AvgIpc) is 3.53. The van der Waals surface area contributed by atoms with E-state index in [2.05, 4.69) is 15.1 Å². The molecule has 2 heterocycles. The Morgan fingerprint density at radius 3 is 2.62 bits per heavy atom. The monoisotopic (exact) mass is 517 g/mol. The van der Waals surface area contributed by atoms with Gasteiger partial charge in [-0.2, -0.15) is 9.49 Å². The third-order valence-electron chi connectivity index (χ3n) is 7.12. The van der Waals surface area contributed by atoms with Crippen molar-refractivity contribution in [2.45, 2.75) is 90.1 Å². The molecule has 2 atom stereocenters. The fourth-order valence-electron chi connectivity index (χ4n) is 5.04. The molecule has 0 spiro atoms. The molecule has 2 fully saturated rings. The third kappa shape index (κ3) is 6.56. The highest BCUT2D eigenvalue weighted by atomic mass is 19.1. The van der Waals surface area contributed by atoms with Gasteiger partial charge in [0.2, 0.25) is 0 Å². The topological polar surface area (TPSA) is 109 Å². The van der Waals surface area contributed by atoms with Crippen molar-refractivity contribution in [1.29, 1.82) is 0 Å². The summed E-state index contributed by atoms with van der Waals surface area (Å²) in [5.41, 5.74) is 1.36. The summed E-state index contributed by atoms with van der Waals surface area (Å²) >= 11 is 0. The van der Waals surface area contributed by atoms with Crippen molar-refractivity contribution in [2.75, 3.05) is 7.05 Å². The van der Waals surface area contributed by atoms with Crippen LogP contribution < -0.4 is 4.74 Å². The summed E-state index contributed by atoms with van der Waals surface area (Å²) in [5, 5.41) is 4.23. The minimum atomic E-state index is -0.850. The zero-order chi connectivity index (χ0) is 26.5. The quantitative estimate of drug-likeness (QED) is 0.474. The Bertz CT molecular complexity index is 1100. The number of carbonyl (C=O) groups is 2. The van der Waals surface area contributed by atoms with Gasteiger partial charge in [-0.25, -0.2) is 14.8 Å². The Labute approximate surface area is 216 Å². The summed E-state index contributed by atoms with van der Waals surface area (Å²) in [5.74, 6) is -1.58. The molecule has 2 aliphatic carbocycles. The van der Waals surface area contributed by atoms with E-state index in [0.717, 1.165) is 38.5 Å². The van der Waals surface area contributed by atoms with Crippen LogP contribution >= 0.6 is 0 Å². The van der Waals surface area contributed by atoms with Gasteiger partial charge in [0.05, 0.1) is 35.8 Å². The van der Waals surface area contributed by atoms with Gasteiger partial charge in [-0.1, -0.05) is 12.8 Å². The molecule has 0 radical (unpaired) electrons. The second-order valence-electron chi connectivity index (χ2n) is 10.2. The molecule has 4 rings (SSSR count). The maximum atomic E-state index is 14.9. The number of hydrogen-bond donors (Lipinski definition) is 0. The van der Waals surface area contributed by atoms with Crippen molar-refractivity contribution < 1.29 is 28.2 Å². The zero-order valence-electron chi connectivity index (χ0n) is 22.0. The summed E-state index contributed by atoms with van der Waals surface area (Å²) in [4.78, 5) is 34.7. The Kier molecular flexibility index (Phi) is 8.60. The van der Waals surface area contributed by atoms with E-state index in [1.54, 1.807) is 29.9 Å². The highest BCUT2D eigenvalue weighted by Gasteiger charge is 2.31. The Hall–Kier alpha value is -3.24. The minimum Gasteiger partial charge on any atom is -0.471 e. The predicted molar refractivity (Wildman–Crippen MR) is 132 cm³/mol. The smallest absolute Gasteiger partial charge is 0.410 e. The second-order valence-corrected chi connectivity index (χ2v) is 10.2. The van der Waals surface area contributed by atoms with Crippen LogP contribution in [-0.2, 0) is 27.9 Å². The Morgan fingerprint density at radius 2 is 1.92 bits per heavy atom. The van der Waals surface area contributed by atoms with Crippen molar-refractivity contribution in [1.82, 2.24) is 24.6 Å². The Balaban J connectivity index is 1.40. The molecule has 2 aliphatic rings. The van der Waals surface area contributed by atoms with E-state index in [4.69, 9.17) is 14.2 Å². The van der Waals surface area contributed by atoms with Crippen LogP contribution in [0.1, 0.15) is 70.9 Å². The number of halogens is 1. The lowest BCUT2D eigenvalue weighted by atomic mass is 9.87. The van der Waals surface area contributed by atoms with Gasteiger partial charge in [0.25, 0.3) is 11.8 Å². The van der Waals surface area contributed by atoms with Crippen molar-refractivity contribution in [3.05, 3.63) is 24.0 Å². The number of esters is 1. The maximum Gasteiger partial charge on any atom is 0.410 e.